The molecule has 1 fully saturated rings. The molecule has 0 spiro atoms. The highest BCUT2D eigenvalue weighted by molar-refractivity contribution is 8.15. The molecule has 0 bridgehead atoms. The summed E-state index contributed by atoms with van der Waals surface area (Å²) in [5.41, 5.74) is 2.40. The summed E-state index contributed by atoms with van der Waals surface area (Å²) in [5, 5.41) is 19.8. The van der Waals surface area contributed by atoms with Crippen LogP contribution in [0.2, 0.25) is 0 Å². The highest BCUT2D eigenvalue weighted by atomic mass is 32.2. The molecule has 1 unspecified atom stereocenters. The Morgan fingerprint density at radius 2 is 2.10 bits per heavy atom. The fourth-order valence-corrected chi connectivity index (χ4v) is 4.06. The van der Waals surface area contributed by atoms with Gasteiger partial charge < -0.3 is 15.0 Å². The number of thioether (sulfide) groups is 1. The van der Waals surface area contributed by atoms with Crippen molar-refractivity contribution in [2.75, 3.05) is 0 Å². The summed E-state index contributed by atoms with van der Waals surface area (Å²) in [7, 11) is 0. The molecule has 3 aromatic rings. The summed E-state index contributed by atoms with van der Waals surface area (Å²) >= 11 is 1.05. The first-order valence-electron chi connectivity index (χ1n) is 9.12. The van der Waals surface area contributed by atoms with Gasteiger partial charge in [-0.15, -0.1) is 5.10 Å². The van der Waals surface area contributed by atoms with E-state index in [1.165, 1.54) is 6.07 Å². The van der Waals surface area contributed by atoms with Crippen LogP contribution in [0.5, 0.6) is 0 Å². The molecule has 0 radical (unpaired) electrons. The van der Waals surface area contributed by atoms with Crippen molar-refractivity contribution >= 4 is 45.9 Å². The van der Waals surface area contributed by atoms with Gasteiger partial charge in [0.1, 0.15) is 11.1 Å². The van der Waals surface area contributed by atoms with E-state index in [2.05, 4.69) is 15.5 Å². The number of amidine groups is 1. The first kappa shape index (κ1) is 19.8. The normalized spacial score (nSPS) is 17.8. The van der Waals surface area contributed by atoms with Crippen LogP contribution in [0.4, 0.5) is 4.39 Å². The molecule has 4 rings (SSSR count). The molecular weight excluding hydrogens is 407 g/mol. The second kappa shape index (κ2) is 8.50. The van der Waals surface area contributed by atoms with E-state index in [0.717, 1.165) is 28.2 Å². The van der Waals surface area contributed by atoms with Gasteiger partial charge in [-0.05, 0) is 29.8 Å². The zero-order chi connectivity index (χ0) is 21.1. The second-order valence-electron chi connectivity index (χ2n) is 6.70. The molecule has 2 heterocycles. The van der Waals surface area contributed by atoms with Crippen LogP contribution in [0, 0.1) is 5.82 Å². The largest absolute Gasteiger partial charge is 0.481 e. The van der Waals surface area contributed by atoms with E-state index < -0.39 is 11.2 Å². The zero-order valence-corrected chi connectivity index (χ0v) is 16.5. The quantitative estimate of drug-likeness (QED) is 0.469. The van der Waals surface area contributed by atoms with Crippen molar-refractivity contribution in [3.63, 3.8) is 0 Å². The van der Waals surface area contributed by atoms with Crippen LogP contribution in [0.25, 0.3) is 10.9 Å². The van der Waals surface area contributed by atoms with Gasteiger partial charge in [-0.2, -0.15) is 5.10 Å². The maximum absolute atomic E-state index is 13.9. The lowest BCUT2D eigenvalue weighted by Gasteiger charge is -2.07. The number of hydrogen-bond donors (Lipinski definition) is 2. The number of nitrogens with one attached hydrogen (secondary N) is 1. The number of benzene rings is 2. The Hall–Kier alpha value is -3.46. The lowest BCUT2D eigenvalue weighted by molar-refractivity contribution is -0.138. The number of rotatable bonds is 6. The topological polar surface area (TPSA) is 96.0 Å². The van der Waals surface area contributed by atoms with E-state index in [-0.39, 0.29) is 23.3 Å². The minimum absolute atomic E-state index is 0.232. The number of halogens is 1. The van der Waals surface area contributed by atoms with E-state index >= 15 is 0 Å². The Morgan fingerprint density at radius 3 is 2.90 bits per heavy atom. The van der Waals surface area contributed by atoms with E-state index in [0.29, 0.717) is 12.1 Å². The van der Waals surface area contributed by atoms with Crippen molar-refractivity contribution in [3.8, 4) is 0 Å². The fraction of sp³-hybridized carbons (Fsp3) is 0.143. The third-order valence-corrected chi connectivity index (χ3v) is 5.66. The number of carbonyl (C=O) groups excluding carboxylic acids is 1. The van der Waals surface area contributed by atoms with Gasteiger partial charge in [0.05, 0.1) is 19.2 Å². The SMILES string of the molecule is O=C(O)CC1SC(=NN=Cc2ccc3c(ccn3Cc3ccccc3F)c2)NC1=O. The van der Waals surface area contributed by atoms with Crippen molar-refractivity contribution in [2.45, 2.75) is 18.2 Å². The molecule has 1 atom stereocenters. The number of aromatic nitrogens is 1. The zero-order valence-electron chi connectivity index (χ0n) is 15.7. The van der Waals surface area contributed by atoms with Gasteiger partial charge in [0, 0.05) is 22.7 Å². The Morgan fingerprint density at radius 1 is 1.27 bits per heavy atom. The van der Waals surface area contributed by atoms with E-state index in [4.69, 9.17) is 5.11 Å². The van der Waals surface area contributed by atoms with Crippen LogP contribution >= 0.6 is 11.8 Å². The van der Waals surface area contributed by atoms with E-state index in [9.17, 15) is 14.0 Å². The molecule has 9 heteroatoms. The summed E-state index contributed by atoms with van der Waals surface area (Å²) in [6.07, 6.45) is 3.20. The molecule has 1 saturated heterocycles. The Labute approximate surface area is 175 Å². The maximum Gasteiger partial charge on any atom is 0.305 e. The lowest BCUT2D eigenvalue weighted by Crippen LogP contribution is -2.26. The molecule has 1 aliphatic heterocycles. The third-order valence-electron chi connectivity index (χ3n) is 4.59. The lowest BCUT2D eigenvalue weighted by atomic mass is 10.1. The highest BCUT2D eigenvalue weighted by Crippen LogP contribution is 2.22. The number of aliphatic carboxylic acids is 1. The predicted octanol–water partition coefficient (Wildman–Crippen LogP) is 3.22. The summed E-state index contributed by atoms with van der Waals surface area (Å²) in [6, 6.07) is 14.4. The first-order chi connectivity index (χ1) is 14.5. The van der Waals surface area contributed by atoms with Gasteiger partial charge in [0.15, 0.2) is 5.17 Å². The summed E-state index contributed by atoms with van der Waals surface area (Å²) < 4.78 is 15.9. The fourth-order valence-electron chi connectivity index (χ4n) is 3.14. The molecule has 152 valence electrons. The van der Waals surface area contributed by atoms with E-state index in [1.54, 1.807) is 18.3 Å². The first-order valence-corrected chi connectivity index (χ1v) is 10.0. The number of amides is 1. The average molecular weight is 424 g/mol. The van der Waals surface area contributed by atoms with Crippen LogP contribution < -0.4 is 5.32 Å². The summed E-state index contributed by atoms with van der Waals surface area (Å²) in [5.74, 6) is -1.65. The van der Waals surface area contributed by atoms with Gasteiger partial charge in [0.25, 0.3) is 0 Å². The maximum atomic E-state index is 13.9. The van der Waals surface area contributed by atoms with Gasteiger partial charge in [0.2, 0.25) is 5.91 Å². The van der Waals surface area contributed by atoms with E-state index in [1.807, 2.05) is 41.1 Å². The molecule has 0 aliphatic carbocycles. The van der Waals surface area contributed by atoms with Crippen molar-refractivity contribution in [1.29, 1.82) is 0 Å². The molecule has 1 aromatic heterocycles. The second-order valence-corrected chi connectivity index (χ2v) is 7.89. The van der Waals surface area contributed by atoms with Crippen molar-refractivity contribution in [1.82, 2.24) is 9.88 Å². The molecule has 2 N–H and O–H groups in total. The standard InChI is InChI=1S/C21H17FN4O3S/c22-16-4-2-1-3-15(16)12-26-8-7-14-9-13(5-6-17(14)26)11-23-25-21-24-20(29)18(30-21)10-19(27)28/h1-9,11,18H,10,12H2,(H,27,28)(H,24,25,29). The number of hydrogen-bond acceptors (Lipinski definition) is 5. The minimum atomic E-state index is -1.04. The number of carboxylic acids is 1. The number of nitrogens with zero attached hydrogens (tertiary/aromatic N) is 3. The Kier molecular flexibility index (Phi) is 5.62. The summed E-state index contributed by atoms with van der Waals surface area (Å²) in [6.45, 7) is 0.436. The minimum Gasteiger partial charge on any atom is -0.481 e. The Bertz CT molecular complexity index is 1190. The highest BCUT2D eigenvalue weighted by Gasteiger charge is 2.32. The smallest absolute Gasteiger partial charge is 0.305 e. The molecule has 2 aromatic carbocycles. The number of carboxylic acid groups (broad SMARTS) is 1. The molecule has 1 aliphatic rings. The molecule has 1 amide bonds. The average Bonchev–Trinajstić information content (AvgIpc) is 3.26. The van der Waals surface area contributed by atoms with Gasteiger partial charge in [-0.3, -0.25) is 9.59 Å². The van der Waals surface area contributed by atoms with Crippen LogP contribution in [0.15, 0.2) is 64.9 Å². The van der Waals surface area contributed by atoms with Gasteiger partial charge in [-0.25, -0.2) is 4.39 Å². The monoisotopic (exact) mass is 424 g/mol. The molecular formula is C21H17FN4O3S. The molecule has 7 nitrogen and oxygen atoms in total. The van der Waals surface area contributed by atoms with Gasteiger partial charge in [-0.1, -0.05) is 36.0 Å². The summed E-state index contributed by atoms with van der Waals surface area (Å²) in [4.78, 5) is 22.5. The Balaban J connectivity index is 1.46. The third kappa shape index (κ3) is 4.41. The predicted molar refractivity (Wildman–Crippen MR) is 114 cm³/mol. The molecule has 0 saturated carbocycles. The van der Waals surface area contributed by atoms with Gasteiger partial charge >= 0.3 is 5.97 Å². The van der Waals surface area contributed by atoms with Crippen LogP contribution in [0.1, 0.15) is 17.5 Å². The number of fused-ring (bicyclic) bond motifs is 1. The van der Waals surface area contributed by atoms with Crippen molar-refractivity contribution < 1.29 is 19.1 Å². The van der Waals surface area contributed by atoms with Crippen LogP contribution in [-0.4, -0.2) is 38.2 Å². The molecule has 30 heavy (non-hydrogen) atoms. The van der Waals surface area contributed by atoms with Crippen molar-refractivity contribution in [2.24, 2.45) is 10.2 Å². The number of carbonyl (C=O) groups is 2. The van der Waals surface area contributed by atoms with Crippen LogP contribution in [-0.2, 0) is 16.1 Å². The van der Waals surface area contributed by atoms with Crippen LogP contribution in [0.3, 0.4) is 0 Å². The van der Waals surface area contributed by atoms with Crippen molar-refractivity contribution in [3.05, 3.63) is 71.7 Å².